The molecule has 0 saturated heterocycles. The summed E-state index contributed by atoms with van der Waals surface area (Å²) >= 11 is 1.37. The number of benzene rings is 2. The van der Waals surface area contributed by atoms with Crippen molar-refractivity contribution in [1.82, 2.24) is 25.0 Å². The predicted molar refractivity (Wildman–Crippen MR) is 108 cm³/mol. The molecular weight excluding hydrogens is 372 g/mol. The zero-order chi connectivity index (χ0) is 18.9. The molecule has 8 heteroatoms. The van der Waals surface area contributed by atoms with Crippen LogP contribution in [0.4, 0.5) is 5.69 Å². The molecule has 3 heterocycles. The second-order valence-electron chi connectivity index (χ2n) is 6.40. The molecule has 2 aromatic heterocycles. The van der Waals surface area contributed by atoms with Crippen molar-refractivity contribution in [2.75, 3.05) is 17.2 Å². The van der Waals surface area contributed by atoms with Gasteiger partial charge in [-0.2, -0.15) is 4.68 Å². The molecule has 0 spiro atoms. The van der Waals surface area contributed by atoms with Gasteiger partial charge >= 0.3 is 0 Å². The van der Waals surface area contributed by atoms with Gasteiger partial charge < -0.3 is 4.90 Å². The summed E-state index contributed by atoms with van der Waals surface area (Å²) in [5.41, 5.74) is 4.34. The van der Waals surface area contributed by atoms with Crippen molar-refractivity contribution < 1.29 is 4.79 Å². The van der Waals surface area contributed by atoms with Crippen molar-refractivity contribution in [3.05, 3.63) is 66.5 Å². The Bertz CT molecular complexity index is 1160. The first-order chi connectivity index (χ1) is 13.8. The van der Waals surface area contributed by atoms with Crippen LogP contribution in [0.3, 0.4) is 0 Å². The molecular formula is C20H16N6OS. The molecule has 0 saturated carbocycles. The highest BCUT2D eigenvalue weighted by Crippen LogP contribution is 2.29. The second-order valence-corrected chi connectivity index (χ2v) is 7.36. The average Bonchev–Trinajstić information content (AvgIpc) is 3.37. The van der Waals surface area contributed by atoms with Gasteiger partial charge in [-0.25, -0.2) is 9.97 Å². The Labute approximate surface area is 165 Å². The van der Waals surface area contributed by atoms with Gasteiger partial charge in [-0.15, -0.1) is 5.10 Å². The van der Waals surface area contributed by atoms with Gasteiger partial charge in [0.05, 0.1) is 11.4 Å². The van der Waals surface area contributed by atoms with Crippen LogP contribution in [0.1, 0.15) is 5.56 Å². The minimum Gasteiger partial charge on any atom is -0.311 e. The lowest BCUT2D eigenvalue weighted by Crippen LogP contribution is -2.30. The second kappa shape index (κ2) is 7.05. The van der Waals surface area contributed by atoms with E-state index in [9.17, 15) is 4.79 Å². The molecule has 0 bridgehead atoms. The fourth-order valence-corrected chi connectivity index (χ4v) is 4.19. The molecule has 1 aliphatic heterocycles. The van der Waals surface area contributed by atoms with Gasteiger partial charge in [-0.1, -0.05) is 53.4 Å². The Morgan fingerprint density at radius 3 is 2.75 bits per heavy atom. The monoisotopic (exact) mass is 388 g/mol. The Morgan fingerprint density at radius 2 is 1.86 bits per heavy atom. The summed E-state index contributed by atoms with van der Waals surface area (Å²) in [5, 5.41) is 9.12. The number of rotatable bonds is 4. The number of para-hydroxylation sites is 2. The smallest absolute Gasteiger partial charge is 0.237 e. The molecule has 4 aromatic rings. The van der Waals surface area contributed by atoms with E-state index in [1.165, 1.54) is 23.7 Å². The van der Waals surface area contributed by atoms with Gasteiger partial charge in [0.15, 0.2) is 11.2 Å². The number of anilines is 1. The van der Waals surface area contributed by atoms with Crippen molar-refractivity contribution >= 4 is 34.5 Å². The van der Waals surface area contributed by atoms with E-state index in [4.69, 9.17) is 0 Å². The lowest BCUT2D eigenvalue weighted by molar-refractivity contribution is -0.116. The summed E-state index contributed by atoms with van der Waals surface area (Å²) in [6.45, 7) is 0.724. The molecule has 0 aliphatic carbocycles. The van der Waals surface area contributed by atoms with Crippen LogP contribution >= 0.6 is 11.8 Å². The summed E-state index contributed by atoms with van der Waals surface area (Å²) in [5.74, 6) is 0.357. The topological polar surface area (TPSA) is 76.8 Å². The Kier molecular flexibility index (Phi) is 4.25. The first-order valence-electron chi connectivity index (χ1n) is 8.94. The summed E-state index contributed by atoms with van der Waals surface area (Å²) in [6, 6.07) is 17.8. The highest BCUT2D eigenvalue weighted by molar-refractivity contribution is 8.00. The normalized spacial score (nSPS) is 13.1. The Morgan fingerprint density at radius 1 is 1.04 bits per heavy atom. The predicted octanol–water partition coefficient (Wildman–Crippen LogP) is 2.89. The van der Waals surface area contributed by atoms with Gasteiger partial charge in [-0.05, 0) is 30.2 Å². The van der Waals surface area contributed by atoms with Crippen LogP contribution in [0.2, 0.25) is 0 Å². The molecule has 2 aromatic carbocycles. The van der Waals surface area contributed by atoms with Crippen LogP contribution in [0.25, 0.3) is 16.9 Å². The molecule has 1 amide bonds. The molecule has 138 valence electrons. The van der Waals surface area contributed by atoms with E-state index in [2.05, 4.69) is 26.3 Å². The molecule has 1 aliphatic rings. The first kappa shape index (κ1) is 16.9. The third-order valence-corrected chi connectivity index (χ3v) is 5.69. The van der Waals surface area contributed by atoms with Crippen LogP contribution in [0.15, 0.2) is 66.0 Å². The molecule has 0 fully saturated rings. The first-order valence-corrected chi connectivity index (χ1v) is 9.93. The highest BCUT2D eigenvalue weighted by Gasteiger charge is 2.24. The molecule has 0 radical (unpaired) electrons. The Hall–Kier alpha value is -3.26. The minimum absolute atomic E-state index is 0.0668. The van der Waals surface area contributed by atoms with Crippen LogP contribution in [-0.2, 0) is 11.2 Å². The maximum absolute atomic E-state index is 12.8. The van der Waals surface area contributed by atoms with Crippen molar-refractivity contribution in [2.24, 2.45) is 0 Å². The maximum atomic E-state index is 12.8. The van der Waals surface area contributed by atoms with E-state index < -0.39 is 0 Å². The summed E-state index contributed by atoms with van der Waals surface area (Å²) in [4.78, 5) is 23.3. The lowest BCUT2D eigenvalue weighted by Gasteiger charge is -2.16. The number of hydrogen-bond donors (Lipinski definition) is 0. The van der Waals surface area contributed by atoms with Crippen molar-refractivity contribution in [3.8, 4) is 5.69 Å². The fraction of sp³-hybridized carbons (Fsp3) is 0.150. The zero-order valence-corrected chi connectivity index (χ0v) is 15.7. The number of amides is 1. The summed E-state index contributed by atoms with van der Waals surface area (Å²) in [7, 11) is 0. The van der Waals surface area contributed by atoms with Gasteiger partial charge in [0.25, 0.3) is 0 Å². The third-order valence-electron chi connectivity index (χ3n) is 4.73. The van der Waals surface area contributed by atoms with Crippen LogP contribution in [-0.4, -0.2) is 43.2 Å². The number of fused-ring (bicyclic) bond motifs is 2. The number of hydrogen-bond acceptors (Lipinski definition) is 6. The van der Waals surface area contributed by atoms with Gasteiger partial charge in [0.2, 0.25) is 5.91 Å². The standard InChI is InChI=1S/C20H16N6OS/c27-17(25-11-10-14-6-4-5-9-16(14)25)12-28-20-18-19(21-13-22-20)26(24-23-18)15-7-2-1-3-8-15/h1-9,13H,10-12H2. The number of aromatic nitrogens is 5. The van der Waals surface area contributed by atoms with Crippen LogP contribution < -0.4 is 4.90 Å². The highest BCUT2D eigenvalue weighted by atomic mass is 32.2. The minimum atomic E-state index is 0.0668. The van der Waals surface area contributed by atoms with E-state index in [-0.39, 0.29) is 5.91 Å². The molecule has 0 N–H and O–H groups in total. The molecule has 0 atom stereocenters. The Balaban J connectivity index is 1.38. The number of thioether (sulfide) groups is 1. The third kappa shape index (κ3) is 2.91. The SMILES string of the molecule is O=C(CSc1ncnc2c1nnn2-c1ccccc1)N1CCc2ccccc21. The summed E-state index contributed by atoms with van der Waals surface area (Å²) < 4.78 is 1.68. The van der Waals surface area contributed by atoms with Gasteiger partial charge in [0.1, 0.15) is 11.4 Å². The number of carbonyl (C=O) groups is 1. The average molecular weight is 388 g/mol. The van der Waals surface area contributed by atoms with E-state index in [1.807, 2.05) is 53.4 Å². The van der Waals surface area contributed by atoms with Crippen molar-refractivity contribution in [3.63, 3.8) is 0 Å². The molecule has 28 heavy (non-hydrogen) atoms. The molecule has 0 unspecified atom stereocenters. The number of carbonyl (C=O) groups excluding carboxylic acids is 1. The van der Waals surface area contributed by atoms with Crippen molar-refractivity contribution in [1.29, 1.82) is 0 Å². The lowest BCUT2D eigenvalue weighted by atomic mass is 10.2. The molecule has 7 nitrogen and oxygen atoms in total. The van der Waals surface area contributed by atoms with Crippen LogP contribution in [0, 0.1) is 0 Å². The maximum Gasteiger partial charge on any atom is 0.237 e. The zero-order valence-electron chi connectivity index (χ0n) is 14.9. The largest absolute Gasteiger partial charge is 0.311 e. The number of nitrogens with zero attached hydrogens (tertiary/aromatic N) is 6. The quantitative estimate of drug-likeness (QED) is 0.395. The van der Waals surface area contributed by atoms with E-state index in [1.54, 1.807) is 4.68 Å². The fourth-order valence-electron chi connectivity index (χ4n) is 3.38. The van der Waals surface area contributed by atoms with E-state index in [0.717, 1.165) is 24.3 Å². The van der Waals surface area contributed by atoms with E-state index in [0.29, 0.717) is 21.9 Å². The molecule has 5 rings (SSSR count). The van der Waals surface area contributed by atoms with Gasteiger partial charge in [0, 0.05) is 12.2 Å². The van der Waals surface area contributed by atoms with Crippen molar-refractivity contribution in [2.45, 2.75) is 11.4 Å². The van der Waals surface area contributed by atoms with E-state index >= 15 is 0 Å². The van der Waals surface area contributed by atoms with Gasteiger partial charge in [-0.3, -0.25) is 4.79 Å². The van der Waals surface area contributed by atoms with Crippen LogP contribution in [0.5, 0.6) is 0 Å². The summed E-state index contributed by atoms with van der Waals surface area (Å²) in [6.07, 6.45) is 2.39.